The fourth-order valence-electron chi connectivity index (χ4n) is 2.63. The number of ether oxygens (including phenoxy) is 1. The van der Waals surface area contributed by atoms with Gasteiger partial charge in [0, 0.05) is 6.54 Å². The number of hydrogen-bond donors (Lipinski definition) is 1. The third kappa shape index (κ3) is 2.56. The highest BCUT2D eigenvalue weighted by molar-refractivity contribution is 5.85. The minimum atomic E-state index is -0.876. The van der Waals surface area contributed by atoms with Crippen molar-refractivity contribution in [2.45, 2.75) is 25.8 Å². The van der Waals surface area contributed by atoms with E-state index in [1.807, 2.05) is 19.1 Å². The molecule has 1 aliphatic carbocycles. The Morgan fingerprint density at radius 3 is 2.56 bits per heavy atom. The molecule has 100 valence electrons. The van der Waals surface area contributed by atoms with Gasteiger partial charge in [-0.25, -0.2) is 0 Å². The number of nitrogens with zero attached hydrogens (tertiary/aromatic N) is 1. The highest BCUT2D eigenvalue weighted by Gasteiger charge is 2.38. The summed E-state index contributed by atoms with van der Waals surface area (Å²) in [6.07, 6.45) is 4.74. The highest BCUT2D eigenvalue weighted by Crippen LogP contribution is 2.28. The molecule has 5 heteroatoms. The van der Waals surface area contributed by atoms with E-state index in [-0.39, 0.29) is 11.9 Å². The van der Waals surface area contributed by atoms with Crippen LogP contribution >= 0.6 is 0 Å². The van der Waals surface area contributed by atoms with E-state index in [4.69, 9.17) is 4.74 Å². The van der Waals surface area contributed by atoms with Gasteiger partial charge in [0.15, 0.2) is 0 Å². The van der Waals surface area contributed by atoms with Crippen LogP contribution in [0.25, 0.3) is 0 Å². The topological polar surface area (TPSA) is 66.8 Å². The molecule has 1 fully saturated rings. The molecule has 1 amide bonds. The van der Waals surface area contributed by atoms with Gasteiger partial charge in [0.25, 0.3) is 0 Å². The van der Waals surface area contributed by atoms with E-state index in [9.17, 15) is 14.7 Å². The van der Waals surface area contributed by atoms with Gasteiger partial charge in [-0.1, -0.05) is 12.2 Å². The van der Waals surface area contributed by atoms with E-state index in [1.54, 1.807) is 4.90 Å². The maximum atomic E-state index is 12.5. The van der Waals surface area contributed by atoms with Crippen LogP contribution in [0, 0.1) is 11.8 Å². The van der Waals surface area contributed by atoms with E-state index < -0.39 is 17.8 Å². The predicted molar refractivity (Wildman–Crippen MR) is 65.0 cm³/mol. The fraction of sp³-hybridized carbons (Fsp3) is 0.692. The molecule has 0 unspecified atom stereocenters. The van der Waals surface area contributed by atoms with Gasteiger partial charge in [0.2, 0.25) is 5.91 Å². The minimum absolute atomic E-state index is 0.0339. The Bertz CT molecular complexity index is 366. The van der Waals surface area contributed by atoms with E-state index in [0.717, 1.165) is 0 Å². The SMILES string of the molecule is C[C@@H]1COCCN1C(=O)[C@@H]1CC=CC[C@@H]1C(=O)O. The number of carboxylic acid groups (broad SMARTS) is 1. The molecular weight excluding hydrogens is 234 g/mol. The lowest BCUT2D eigenvalue weighted by atomic mass is 9.82. The summed E-state index contributed by atoms with van der Waals surface area (Å²) in [5.74, 6) is -1.92. The molecule has 0 radical (unpaired) electrons. The summed E-state index contributed by atoms with van der Waals surface area (Å²) >= 11 is 0. The Balaban J connectivity index is 2.11. The van der Waals surface area contributed by atoms with Crippen molar-refractivity contribution in [3.05, 3.63) is 12.2 Å². The smallest absolute Gasteiger partial charge is 0.307 e. The zero-order valence-electron chi connectivity index (χ0n) is 10.5. The molecule has 2 aliphatic rings. The summed E-state index contributed by atoms with van der Waals surface area (Å²) < 4.78 is 5.30. The van der Waals surface area contributed by atoms with Gasteiger partial charge in [0.05, 0.1) is 31.1 Å². The van der Waals surface area contributed by atoms with Crippen molar-refractivity contribution < 1.29 is 19.4 Å². The van der Waals surface area contributed by atoms with E-state index in [0.29, 0.717) is 32.6 Å². The molecule has 5 nitrogen and oxygen atoms in total. The Hall–Kier alpha value is -1.36. The van der Waals surface area contributed by atoms with Crippen LogP contribution in [0.5, 0.6) is 0 Å². The summed E-state index contributed by atoms with van der Waals surface area (Å²) in [6.45, 7) is 3.57. The lowest BCUT2D eigenvalue weighted by Crippen LogP contribution is -2.51. The molecule has 18 heavy (non-hydrogen) atoms. The van der Waals surface area contributed by atoms with E-state index >= 15 is 0 Å². The summed E-state index contributed by atoms with van der Waals surface area (Å²) in [4.78, 5) is 25.4. The zero-order chi connectivity index (χ0) is 13.1. The number of morpholine rings is 1. The van der Waals surface area contributed by atoms with Crippen LogP contribution < -0.4 is 0 Å². The van der Waals surface area contributed by atoms with Crippen LogP contribution in [0.1, 0.15) is 19.8 Å². The quantitative estimate of drug-likeness (QED) is 0.742. The number of carbonyl (C=O) groups excluding carboxylic acids is 1. The van der Waals surface area contributed by atoms with Crippen LogP contribution in [-0.4, -0.2) is 47.7 Å². The fourth-order valence-corrected chi connectivity index (χ4v) is 2.63. The second kappa shape index (κ2) is 5.52. The van der Waals surface area contributed by atoms with Crippen molar-refractivity contribution in [3.63, 3.8) is 0 Å². The third-order valence-corrected chi connectivity index (χ3v) is 3.72. The average molecular weight is 253 g/mol. The highest BCUT2D eigenvalue weighted by atomic mass is 16.5. The average Bonchev–Trinajstić information content (AvgIpc) is 2.38. The molecule has 1 saturated heterocycles. The van der Waals surface area contributed by atoms with Crippen molar-refractivity contribution in [1.29, 1.82) is 0 Å². The van der Waals surface area contributed by atoms with Crippen LogP contribution in [0.4, 0.5) is 0 Å². The van der Waals surface area contributed by atoms with Gasteiger partial charge in [-0.15, -0.1) is 0 Å². The van der Waals surface area contributed by atoms with E-state index in [2.05, 4.69) is 0 Å². The molecule has 0 aromatic heterocycles. The van der Waals surface area contributed by atoms with Gasteiger partial charge >= 0.3 is 5.97 Å². The number of rotatable bonds is 2. The molecule has 0 spiro atoms. The second-order valence-corrected chi connectivity index (χ2v) is 4.95. The van der Waals surface area contributed by atoms with Crippen LogP contribution in [0.2, 0.25) is 0 Å². The van der Waals surface area contributed by atoms with Crippen molar-refractivity contribution in [3.8, 4) is 0 Å². The molecule has 2 rings (SSSR count). The van der Waals surface area contributed by atoms with Gasteiger partial charge in [-0.3, -0.25) is 9.59 Å². The van der Waals surface area contributed by atoms with Gasteiger partial charge in [-0.05, 0) is 19.8 Å². The standard InChI is InChI=1S/C13H19NO4/c1-9-8-18-7-6-14(9)12(15)10-4-2-3-5-11(10)13(16)17/h2-3,9-11H,4-8H2,1H3,(H,16,17)/t9-,10-,11+/m1/s1. The van der Waals surface area contributed by atoms with Crippen LogP contribution in [0.15, 0.2) is 12.2 Å². The Labute approximate surface area is 106 Å². The van der Waals surface area contributed by atoms with Crippen LogP contribution in [0.3, 0.4) is 0 Å². The molecule has 0 aromatic rings. The number of aliphatic carboxylic acids is 1. The molecule has 1 aliphatic heterocycles. The van der Waals surface area contributed by atoms with Crippen LogP contribution in [-0.2, 0) is 14.3 Å². The summed E-state index contributed by atoms with van der Waals surface area (Å²) in [5, 5.41) is 9.19. The Morgan fingerprint density at radius 1 is 1.28 bits per heavy atom. The van der Waals surface area contributed by atoms with Crippen molar-refractivity contribution in [2.75, 3.05) is 19.8 Å². The molecular formula is C13H19NO4. The maximum absolute atomic E-state index is 12.5. The Kier molecular flexibility index (Phi) is 4.01. The first-order valence-corrected chi connectivity index (χ1v) is 6.37. The lowest BCUT2D eigenvalue weighted by molar-refractivity contribution is -0.154. The number of hydrogen-bond acceptors (Lipinski definition) is 3. The Morgan fingerprint density at radius 2 is 1.94 bits per heavy atom. The number of allylic oxidation sites excluding steroid dienone is 2. The number of amides is 1. The predicted octanol–water partition coefficient (Wildman–Crippen LogP) is 0.901. The summed E-state index contributed by atoms with van der Waals surface area (Å²) in [5.41, 5.74) is 0. The number of carbonyl (C=O) groups is 2. The second-order valence-electron chi connectivity index (χ2n) is 4.95. The van der Waals surface area contributed by atoms with Crippen molar-refractivity contribution in [2.24, 2.45) is 11.8 Å². The van der Waals surface area contributed by atoms with E-state index in [1.165, 1.54) is 0 Å². The zero-order valence-corrected chi connectivity index (χ0v) is 10.5. The summed E-state index contributed by atoms with van der Waals surface area (Å²) in [6, 6.07) is 0.0339. The van der Waals surface area contributed by atoms with Gasteiger partial charge < -0.3 is 14.7 Å². The molecule has 3 atom stereocenters. The molecule has 0 bridgehead atoms. The van der Waals surface area contributed by atoms with Gasteiger partial charge in [-0.2, -0.15) is 0 Å². The lowest BCUT2D eigenvalue weighted by Gasteiger charge is -2.37. The molecule has 0 aromatic carbocycles. The first-order valence-electron chi connectivity index (χ1n) is 6.37. The molecule has 0 saturated carbocycles. The molecule has 1 N–H and O–H groups in total. The number of carboxylic acids is 1. The van der Waals surface area contributed by atoms with Crippen molar-refractivity contribution in [1.82, 2.24) is 4.90 Å². The first-order chi connectivity index (χ1) is 8.61. The third-order valence-electron chi connectivity index (χ3n) is 3.72. The summed E-state index contributed by atoms with van der Waals surface area (Å²) in [7, 11) is 0. The maximum Gasteiger partial charge on any atom is 0.307 e. The monoisotopic (exact) mass is 253 g/mol. The molecule has 1 heterocycles. The van der Waals surface area contributed by atoms with Crippen molar-refractivity contribution >= 4 is 11.9 Å². The normalized spacial score (nSPS) is 32.3. The first kappa shape index (κ1) is 13.1. The van der Waals surface area contributed by atoms with Gasteiger partial charge in [0.1, 0.15) is 0 Å². The minimum Gasteiger partial charge on any atom is -0.481 e. The largest absolute Gasteiger partial charge is 0.481 e.